The summed E-state index contributed by atoms with van der Waals surface area (Å²) in [6.45, 7) is 1.90. The van der Waals surface area contributed by atoms with Crippen molar-refractivity contribution in [2.45, 2.75) is 13.3 Å². The van der Waals surface area contributed by atoms with Crippen LogP contribution >= 0.6 is 0 Å². The third kappa shape index (κ3) is 3.39. The van der Waals surface area contributed by atoms with Gasteiger partial charge in [-0.05, 0) is 36.8 Å². The van der Waals surface area contributed by atoms with Crippen molar-refractivity contribution in [3.05, 3.63) is 59.7 Å². The van der Waals surface area contributed by atoms with Gasteiger partial charge in [-0.1, -0.05) is 11.2 Å². The minimum atomic E-state index is -0.0732. The molecule has 0 bridgehead atoms. The highest BCUT2D eigenvalue weighted by Gasteiger charge is 2.10. The molecular weight excluding hydrogens is 344 g/mol. The van der Waals surface area contributed by atoms with Gasteiger partial charge in [0.05, 0.1) is 30.2 Å². The Morgan fingerprint density at radius 3 is 2.96 bits per heavy atom. The van der Waals surface area contributed by atoms with E-state index in [0.717, 1.165) is 22.2 Å². The van der Waals surface area contributed by atoms with Crippen LogP contribution in [0, 0.1) is 0 Å². The van der Waals surface area contributed by atoms with Gasteiger partial charge < -0.3 is 9.94 Å². The second kappa shape index (κ2) is 7.16. The highest BCUT2D eigenvalue weighted by molar-refractivity contribution is 5.96. The molecule has 0 spiro atoms. The zero-order chi connectivity index (χ0) is 18.8. The maximum absolute atomic E-state index is 8.78. The molecule has 27 heavy (non-hydrogen) atoms. The molecule has 8 heteroatoms. The van der Waals surface area contributed by atoms with Crippen LogP contribution in [-0.4, -0.2) is 48.4 Å². The molecule has 3 aromatic heterocycles. The predicted octanol–water partition coefficient (Wildman–Crippen LogP) is 1.94. The standard InChI is InChI=1S/C19H20N6O2/c1-13(23-27-8-7-26)17-4-6-19-20-12-16(25(19)22-17)10-14-3-5-18-15(9-14)11-21-24(18)2/h3-6,9,11-12,26H,7-8,10H2,1-2H3/b23-13+. The van der Waals surface area contributed by atoms with Crippen LogP contribution in [0.15, 0.2) is 47.9 Å². The molecule has 4 rings (SSSR count). The lowest BCUT2D eigenvalue weighted by Crippen LogP contribution is -2.07. The summed E-state index contributed by atoms with van der Waals surface area (Å²) in [5.41, 5.74) is 5.37. The van der Waals surface area contributed by atoms with Crippen molar-refractivity contribution in [3.8, 4) is 0 Å². The van der Waals surface area contributed by atoms with E-state index >= 15 is 0 Å². The number of fused-ring (bicyclic) bond motifs is 2. The molecule has 3 heterocycles. The summed E-state index contributed by atoms with van der Waals surface area (Å²) in [5.74, 6) is 0. The average molecular weight is 364 g/mol. The molecule has 0 saturated heterocycles. The van der Waals surface area contributed by atoms with Gasteiger partial charge in [0.15, 0.2) is 5.65 Å². The van der Waals surface area contributed by atoms with Gasteiger partial charge in [0.2, 0.25) is 0 Å². The van der Waals surface area contributed by atoms with E-state index in [2.05, 4.69) is 38.5 Å². The number of aryl methyl sites for hydroxylation is 1. The van der Waals surface area contributed by atoms with Gasteiger partial charge in [-0.2, -0.15) is 10.2 Å². The molecule has 0 radical (unpaired) electrons. The van der Waals surface area contributed by atoms with Crippen LogP contribution in [0.2, 0.25) is 0 Å². The van der Waals surface area contributed by atoms with E-state index in [1.54, 1.807) is 0 Å². The van der Waals surface area contributed by atoms with Crippen LogP contribution in [0.5, 0.6) is 0 Å². The Kier molecular flexibility index (Phi) is 4.55. The molecule has 0 amide bonds. The van der Waals surface area contributed by atoms with E-state index in [-0.39, 0.29) is 13.2 Å². The molecule has 1 N–H and O–H groups in total. The Morgan fingerprint density at radius 2 is 2.11 bits per heavy atom. The van der Waals surface area contributed by atoms with Crippen molar-refractivity contribution in [1.82, 2.24) is 24.4 Å². The SMILES string of the molecule is C/C(=N\OCCO)c1ccc2ncc(Cc3ccc4c(cnn4C)c3)n2n1. The van der Waals surface area contributed by atoms with Gasteiger partial charge in [-0.15, -0.1) is 0 Å². The molecule has 1 aromatic carbocycles. The maximum atomic E-state index is 8.78. The van der Waals surface area contributed by atoms with Crippen molar-refractivity contribution in [2.75, 3.05) is 13.2 Å². The number of aliphatic hydroxyl groups is 1. The van der Waals surface area contributed by atoms with Crippen LogP contribution < -0.4 is 0 Å². The summed E-state index contributed by atoms with van der Waals surface area (Å²) in [4.78, 5) is 9.46. The number of benzene rings is 1. The zero-order valence-corrected chi connectivity index (χ0v) is 15.2. The van der Waals surface area contributed by atoms with Crippen LogP contribution in [0.3, 0.4) is 0 Å². The Bertz CT molecular complexity index is 1130. The maximum Gasteiger partial charge on any atom is 0.153 e. The average Bonchev–Trinajstić information content (AvgIpc) is 3.25. The highest BCUT2D eigenvalue weighted by atomic mass is 16.6. The molecule has 0 aliphatic rings. The lowest BCUT2D eigenvalue weighted by Gasteiger charge is -2.05. The Morgan fingerprint density at radius 1 is 1.22 bits per heavy atom. The molecule has 138 valence electrons. The summed E-state index contributed by atoms with van der Waals surface area (Å²) in [7, 11) is 1.94. The molecule has 0 fully saturated rings. The molecule has 4 aromatic rings. The number of rotatable bonds is 6. The van der Waals surface area contributed by atoms with Crippen molar-refractivity contribution < 1.29 is 9.94 Å². The summed E-state index contributed by atoms with van der Waals surface area (Å²) in [6.07, 6.45) is 4.42. The fraction of sp³-hybridized carbons (Fsp3) is 0.263. The molecule has 8 nitrogen and oxygen atoms in total. The summed E-state index contributed by atoms with van der Waals surface area (Å²) >= 11 is 0. The third-order valence-electron chi connectivity index (χ3n) is 4.38. The number of hydrogen-bond acceptors (Lipinski definition) is 6. The molecule has 0 aliphatic heterocycles. The Hall–Kier alpha value is -3.26. The number of imidazole rings is 1. The zero-order valence-electron chi connectivity index (χ0n) is 15.2. The van der Waals surface area contributed by atoms with Gasteiger partial charge >= 0.3 is 0 Å². The number of aromatic nitrogens is 5. The van der Waals surface area contributed by atoms with Gasteiger partial charge in [0, 0.05) is 18.9 Å². The first kappa shape index (κ1) is 17.2. The van der Waals surface area contributed by atoms with E-state index in [0.29, 0.717) is 17.8 Å². The van der Waals surface area contributed by atoms with E-state index in [4.69, 9.17) is 9.94 Å². The molecule has 0 aliphatic carbocycles. The van der Waals surface area contributed by atoms with Crippen molar-refractivity contribution in [2.24, 2.45) is 12.2 Å². The fourth-order valence-corrected chi connectivity index (χ4v) is 3.00. The second-order valence-electron chi connectivity index (χ2n) is 6.31. The van der Waals surface area contributed by atoms with Crippen LogP contribution in [0.1, 0.15) is 23.9 Å². The number of hydrogen-bond donors (Lipinski definition) is 1. The van der Waals surface area contributed by atoms with E-state index < -0.39 is 0 Å². The second-order valence-corrected chi connectivity index (χ2v) is 6.31. The highest BCUT2D eigenvalue weighted by Crippen LogP contribution is 2.18. The molecule has 0 unspecified atom stereocenters. The normalized spacial score (nSPS) is 12.2. The Labute approximate surface area is 155 Å². The summed E-state index contributed by atoms with van der Waals surface area (Å²) in [5, 5.41) is 22.8. The smallest absolute Gasteiger partial charge is 0.153 e. The van der Waals surface area contributed by atoms with Crippen molar-refractivity contribution in [1.29, 1.82) is 0 Å². The summed E-state index contributed by atoms with van der Waals surface area (Å²) < 4.78 is 3.69. The van der Waals surface area contributed by atoms with E-state index in [9.17, 15) is 0 Å². The number of aliphatic hydroxyl groups excluding tert-OH is 1. The quantitative estimate of drug-likeness (QED) is 0.321. The molecule has 0 saturated carbocycles. The van der Waals surface area contributed by atoms with Gasteiger partial charge in [-0.3, -0.25) is 4.68 Å². The van der Waals surface area contributed by atoms with Crippen molar-refractivity contribution >= 4 is 22.3 Å². The third-order valence-corrected chi connectivity index (χ3v) is 4.38. The Balaban J connectivity index is 1.64. The number of oxime groups is 1. The summed E-state index contributed by atoms with van der Waals surface area (Å²) in [6, 6.07) is 10.1. The van der Waals surface area contributed by atoms with Crippen LogP contribution in [0.4, 0.5) is 0 Å². The lowest BCUT2D eigenvalue weighted by molar-refractivity contribution is 0.0986. The van der Waals surface area contributed by atoms with Gasteiger partial charge in [0.1, 0.15) is 18.0 Å². The monoisotopic (exact) mass is 364 g/mol. The van der Waals surface area contributed by atoms with Crippen LogP contribution in [-0.2, 0) is 18.3 Å². The first-order valence-corrected chi connectivity index (χ1v) is 8.68. The minimum Gasteiger partial charge on any atom is -0.393 e. The first-order chi connectivity index (χ1) is 13.2. The number of nitrogens with zero attached hydrogens (tertiary/aromatic N) is 6. The van der Waals surface area contributed by atoms with Gasteiger partial charge in [-0.25, -0.2) is 9.50 Å². The molecular formula is C19H20N6O2. The lowest BCUT2D eigenvalue weighted by atomic mass is 10.1. The topological polar surface area (TPSA) is 89.8 Å². The predicted molar refractivity (Wildman–Crippen MR) is 102 cm³/mol. The van der Waals surface area contributed by atoms with Crippen molar-refractivity contribution in [3.63, 3.8) is 0 Å². The van der Waals surface area contributed by atoms with E-state index in [1.165, 1.54) is 5.56 Å². The van der Waals surface area contributed by atoms with Gasteiger partial charge in [0.25, 0.3) is 0 Å². The fourth-order valence-electron chi connectivity index (χ4n) is 3.00. The molecule has 0 atom stereocenters. The van der Waals surface area contributed by atoms with E-state index in [1.807, 2.05) is 47.7 Å². The minimum absolute atomic E-state index is 0.0732. The largest absolute Gasteiger partial charge is 0.393 e. The van der Waals surface area contributed by atoms with Crippen LogP contribution in [0.25, 0.3) is 16.6 Å². The first-order valence-electron chi connectivity index (χ1n) is 8.68.